The Bertz CT molecular complexity index is 1220. The van der Waals surface area contributed by atoms with E-state index in [4.69, 9.17) is 4.98 Å². The molecule has 1 amide bonds. The number of likely N-dealkylation sites (tertiary alicyclic amines) is 1. The van der Waals surface area contributed by atoms with Crippen molar-refractivity contribution in [1.29, 1.82) is 0 Å². The summed E-state index contributed by atoms with van der Waals surface area (Å²) in [6.45, 7) is 10.2. The van der Waals surface area contributed by atoms with E-state index in [-0.39, 0.29) is 23.7 Å². The summed E-state index contributed by atoms with van der Waals surface area (Å²) in [4.78, 5) is 34.9. The summed E-state index contributed by atoms with van der Waals surface area (Å²) in [5.41, 5.74) is 4.66. The minimum absolute atomic E-state index is 0.0344. The smallest absolute Gasteiger partial charge is 0.305 e. The van der Waals surface area contributed by atoms with Gasteiger partial charge in [0.1, 0.15) is 5.82 Å². The van der Waals surface area contributed by atoms with Crippen LogP contribution in [0.2, 0.25) is 0 Å². The quantitative estimate of drug-likeness (QED) is 0.374. The van der Waals surface area contributed by atoms with Gasteiger partial charge < -0.3 is 25.5 Å². The maximum absolute atomic E-state index is 13.5. The highest BCUT2D eigenvalue weighted by molar-refractivity contribution is 5.80. The zero-order valence-corrected chi connectivity index (χ0v) is 24.8. The van der Waals surface area contributed by atoms with Crippen LogP contribution in [0.1, 0.15) is 81.7 Å². The van der Waals surface area contributed by atoms with Gasteiger partial charge in [-0.05, 0) is 99.2 Å². The number of fused-ring (bicyclic) bond motifs is 1. The first-order valence-corrected chi connectivity index (χ1v) is 15.6. The Morgan fingerprint density at radius 1 is 1.17 bits per heavy atom. The summed E-state index contributed by atoms with van der Waals surface area (Å²) in [6.07, 6.45) is 8.23. The van der Waals surface area contributed by atoms with Crippen molar-refractivity contribution in [3.63, 3.8) is 0 Å². The fraction of sp³-hybridized carbons (Fsp3) is 0.606. The number of nitrogens with zero attached hydrogens (tertiary/aromatic N) is 3. The lowest BCUT2D eigenvalue weighted by Gasteiger charge is -2.39. The zero-order valence-electron chi connectivity index (χ0n) is 24.8. The molecule has 1 aromatic carbocycles. The average molecular weight is 562 g/mol. The van der Waals surface area contributed by atoms with Crippen LogP contribution in [0.3, 0.4) is 0 Å². The lowest BCUT2D eigenvalue weighted by molar-refractivity contribution is -0.138. The highest BCUT2D eigenvalue weighted by Crippen LogP contribution is 2.33. The van der Waals surface area contributed by atoms with Crippen LogP contribution in [0.4, 0.5) is 11.5 Å². The van der Waals surface area contributed by atoms with Crippen LogP contribution in [0.25, 0.3) is 0 Å². The van der Waals surface area contributed by atoms with Crippen LogP contribution >= 0.6 is 0 Å². The Morgan fingerprint density at radius 2 is 2.05 bits per heavy atom. The highest BCUT2D eigenvalue weighted by atomic mass is 16.4. The molecule has 3 N–H and O–H groups in total. The first kappa shape index (κ1) is 29.4. The van der Waals surface area contributed by atoms with Crippen molar-refractivity contribution in [3.8, 4) is 0 Å². The number of carboxylic acids is 1. The largest absolute Gasteiger partial charge is 0.481 e. The molecule has 8 nitrogen and oxygen atoms in total. The third-order valence-electron chi connectivity index (χ3n) is 8.97. The van der Waals surface area contributed by atoms with Crippen LogP contribution in [0, 0.1) is 11.3 Å². The number of pyridine rings is 1. The number of carboxylic acid groups (broad SMARTS) is 1. The lowest BCUT2D eigenvalue weighted by atomic mass is 9.84. The van der Waals surface area contributed by atoms with Crippen LogP contribution in [0.5, 0.6) is 0 Å². The fourth-order valence-electron chi connectivity index (χ4n) is 6.76. The molecule has 0 spiro atoms. The summed E-state index contributed by atoms with van der Waals surface area (Å²) in [5, 5.41) is 16.2. The van der Waals surface area contributed by atoms with Gasteiger partial charge in [-0.3, -0.25) is 9.59 Å². The van der Waals surface area contributed by atoms with Gasteiger partial charge in [0.2, 0.25) is 5.91 Å². The Hall–Kier alpha value is -3.13. The first-order chi connectivity index (χ1) is 19.8. The Labute approximate surface area is 244 Å². The van der Waals surface area contributed by atoms with Crippen molar-refractivity contribution in [2.45, 2.75) is 77.7 Å². The van der Waals surface area contributed by atoms with Crippen molar-refractivity contribution in [2.75, 3.05) is 49.5 Å². The maximum Gasteiger partial charge on any atom is 0.305 e. The molecular weight excluding hydrogens is 514 g/mol. The minimum Gasteiger partial charge on any atom is -0.481 e. The van der Waals surface area contributed by atoms with Gasteiger partial charge in [-0.25, -0.2) is 4.98 Å². The summed E-state index contributed by atoms with van der Waals surface area (Å²) >= 11 is 0. The number of piperidine rings is 2. The van der Waals surface area contributed by atoms with Crippen molar-refractivity contribution in [2.24, 2.45) is 11.3 Å². The number of carbonyl (C=O) groups is 2. The van der Waals surface area contributed by atoms with Crippen molar-refractivity contribution >= 4 is 23.4 Å². The Kier molecular flexibility index (Phi) is 9.48. The standard InChI is InChI=1S/C33H47N5O3/c1-33(2)15-7-19-38(23-33)28-12-3-8-25(20-28)29(21-30(39)40)36-32(41)26-10-5-17-37(22-26)18-6-11-27-14-13-24-9-4-16-34-31(24)35-27/h3,8,12-14,20,26,29H,4-7,9-11,15-19,21-23H2,1-2H3,(H,34,35)(H,36,41)(H,39,40). The number of benzene rings is 1. The van der Waals surface area contributed by atoms with Crippen LogP contribution in [-0.2, 0) is 22.4 Å². The predicted octanol–water partition coefficient (Wildman–Crippen LogP) is 5.04. The van der Waals surface area contributed by atoms with Gasteiger partial charge in [0.25, 0.3) is 0 Å². The zero-order chi connectivity index (χ0) is 28.8. The number of carbonyl (C=O) groups excluding carboxylic acids is 1. The molecule has 0 radical (unpaired) electrons. The fourth-order valence-corrected chi connectivity index (χ4v) is 6.76. The molecule has 0 bridgehead atoms. The number of aryl methyl sites for hydroxylation is 2. The summed E-state index contributed by atoms with van der Waals surface area (Å²) in [6, 6.07) is 11.9. The molecule has 5 rings (SSSR count). The van der Waals surface area contributed by atoms with Gasteiger partial charge in [0, 0.05) is 37.6 Å². The van der Waals surface area contributed by atoms with Crippen molar-refractivity contribution < 1.29 is 14.7 Å². The van der Waals surface area contributed by atoms with E-state index in [1.165, 1.54) is 12.0 Å². The molecule has 4 heterocycles. The SMILES string of the molecule is CC1(C)CCCN(c2cccc(C(CC(=O)O)NC(=O)C3CCCN(CCCc4ccc5c(n4)NCCC5)C3)c2)C1. The first-order valence-electron chi connectivity index (χ1n) is 15.6. The van der Waals surface area contributed by atoms with E-state index in [1.807, 2.05) is 12.1 Å². The van der Waals surface area contributed by atoms with E-state index >= 15 is 0 Å². The highest BCUT2D eigenvalue weighted by Gasteiger charge is 2.30. The number of aromatic nitrogens is 1. The minimum atomic E-state index is -0.906. The van der Waals surface area contributed by atoms with Gasteiger partial charge in [-0.2, -0.15) is 0 Å². The van der Waals surface area contributed by atoms with Crippen molar-refractivity contribution in [3.05, 3.63) is 53.2 Å². The molecule has 2 aromatic rings. The van der Waals surface area contributed by atoms with E-state index in [0.717, 1.165) is 100 Å². The molecule has 222 valence electrons. The molecule has 3 aliphatic heterocycles. The second-order valence-corrected chi connectivity index (χ2v) is 13.0. The van der Waals surface area contributed by atoms with Crippen LogP contribution in [-0.4, -0.2) is 66.1 Å². The molecule has 8 heteroatoms. The number of rotatable bonds is 10. The Balaban J connectivity index is 1.17. The molecule has 2 unspecified atom stereocenters. The molecule has 41 heavy (non-hydrogen) atoms. The molecular formula is C33H47N5O3. The van der Waals surface area contributed by atoms with E-state index in [9.17, 15) is 14.7 Å². The van der Waals surface area contributed by atoms with Gasteiger partial charge >= 0.3 is 5.97 Å². The van der Waals surface area contributed by atoms with Gasteiger partial charge in [-0.15, -0.1) is 0 Å². The molecule has 2 saturated heterocycles. The number of hydrogen-bond donors (Lipinski definition) is 3. The van der Waals surface area contributed by atoms with Gasteiger partial charge in [-0.1, -0.05) is 32.0 Å². The molecule has 0 aliphatic carbocycles. The maximum atomic E-state index is 13.5. The topological polar surface area (TPSA) is 97.8 Å². The van der Waals surface area contributed by atoms with Gasteiger partial charge in [0.05, 0.1) is 18.4 Å². The predicted molar refractivity (Wildman–Crippen MR) is 163 cm³/mol. The number of hydrogen-bond acceptors (Lipinski definition) is 6. The van der Waals surface area contributed by atoms with Gasteiger partial charge in [0.15, 0.2) is 0 Å². The molecule has 2 atom stereocenters. The molecule has 3 aliphatic rings. The third-order valence-corrected chi connectivity index (χ3v) is 8.97. The monoisotopic (exact) mass is 561 g/mol. The van der Waals surface area contributed by atoms with E-state index < -0.39 is 12.0 Å². The average Bonchev–Trinajstić information content (AvgIpc) is 2.96. The normalized spacial score (nSPS) is 21.4. The summed E-state index contributed by atoms with van der Waals surface area (Å²) in [5.74, 6) is -0.0224. The summed E-state index contributed by atoms with van der Waals surface area (Å²) in [7, 11) is 0. The molecule has 2 fully saturated rings. The van der Waals surface area contributed by atoms with E-state index in [2.05, 4.69) is 58.5 Å². The molecule has 0 saturated carbocycles. The van der Waals surface area contributed by atoms with Crippen molar-refractivity contribution in [1.82, 2.24) is 15.2 Å². The molecule has 1 aromatic heterocycles. The number of aliphatic carboxylic acids is 1. The second-order valence-electron chi connectivity index (χ2n) is 13.0. The number of amides is 1. The third kappa shape index (κ3) is 8.00. The summed E-state index contributed by atoms with van der Waals surface area (Å²) < 4.78 is 0. The van der Waals surface area contributed by atoms with E-state index in [0.29, 0.717) is 6.54 Å². The Morgan fingerprint density at radius 3 is 2.88 bits per heavy atom. The lowest BCUT2D eigenvalue weighted by Crippen LogP contribution is -2.44. The number of nitrogens with one attached hydrogen (secondary N) is 2. The van der Waals surface area contributed by atoms with Crippen LogP contribution < -0.4 is 15.5 Å². The van der Waals surface area contributed by atoms with E-state index in [1.54, 1.807) is 0 Å². The second kappa shape index (κ2) is 13.2. The van der Waals surface area contributed by atoms with Crippen LogP contribution in [0.15, 0.2) is 36.4 Å². The number of anilines is 2.